The average Bonchev–Trinajstić information content (AvgIpc) is 2.82. The molecule has 2 nitrogen and oxygen atoms in total. The van der Waals surface area contributed by atoms with E-state index < -0.39 is 0 Å². The van der Waals surface area contributed by atoms with Crippen molar-refractivity contribution in [1.29, 1.82) is 0 Å². The van der Waals surface area contributed by atoms with Gasteiger partial charge in [-0.15, -0.1) is 0 Å². The van der Waals surface area contributed by atoms with E-state index in [0.717, 1.165) is 18.4 Å². The van der Waals surface area contributed by atoms with Crippen LogP contribution in [0.5, 0.6) is 5.75 Å². The van der Waals surface area contributed by atoms with E-state index in [0.29, 0.717) is 23.9 Å². The summed E-state index contributed by atoms with van der Waals surface area (Å²) >= 11 is 1.23. The average molecular weight is 350 g/mol. The molecule has 2 unspecified atom stereocenters. The van der Waals surface area contributed by atoms with Gasteiger partial charge in [0.25, 0.3) is 0 Å². The summed E-state index contributed by atoms with van der Waals surface area (Å²) in [6.07, 6.45) is 2.75. The van der Waals surface area contributed by atoms with E-state index >= 15 is 0 Å². The van der Waals surface area contributed by atoms with Gasteiger partial charge in [-0.05, 0) is 47.3 Å². The molecule has 2 aliphatic carbocycles. The third-order valence-corrected chi connectivity index (χ3v) is 7.30. The van der Waals surface area contributed by atoms with Gasteiger partial charge in [-0.3, -0.25) is 4.79 Å². The van der Waals surface area contributed by atoms with Crippen molar-refractivity contribution in [3.63, 3.8) is 0 Å². The van der Waals surface area contributed by atoms with Crippen LogP contribution in [0.2, 0.25) is 0 Å². The minimum Gasteiger partial charge on any atom is -0.423 e. The first-order valence-electron chi connectivity index (χ1n) is 8.71. The first-order valence-corrected chi connectivity index (χ1v) is 9.62. The molecule has 2 saturated carbocycles. The number of carbonyl (C=O) groups is 1. The van der Waals surface area contributed by atoms with Gasteiger partial charge in [0.15, 0.2) is 11.6 Å². The van der Waals surface area contributed by atoms with Gasteiger partial charge in [0.1, 0.15) is 5.78 Å². The fourth-order valence-corrected chi connectivity index (χ4v) is 5.54. The third kappa shape index (κ3) is 2.67. The lowest BCUT2D eigenvalue weighted by Gasteiger charge is -2.35. The summed E-state index contributed by atoms with van der Waals surface area (Å²) in [5.41, 5.74) is 0.575. The van der Waals surface area contributed by atoms with Gasteiger partial charge in [0.2, 0.25) is 0 Å². The minimum absolute atomic E-state index is 0.0229. The zero-order chi connectivity index (χ0) is 17.8. The number of halogens is 1. The number of rotatable bonds is 4. The Balaban J connectivity index is 1.68. The molecule has 0 heterocycles. The predicted molar refractivity (Wildman–Crippen MR) is 96.7 cm³/mol. The molecule has 2 atom stereocenters. The first-order chi connectivity index (χ1) is 11.1. The molecule has 4 heteroatoms. The van der Waals surface area contributed by atoms with Crippen LogP contribution < -0.4 is 4.18 Å². The molecule has 1 aromatic carbocycles. The Hall–Kier alpha value is -1.03. The standard InChI is InChI=1S/C20H27FO2S/c1-18(2,3)13-6-7-16(15(21)10-13)23-24-12-20-9-8-14(11-17(20)22)19(20,4)5/h6-7,10,14H,8-9,11-12H2,1-5H3. The molecule has 0 saturated heterocycles. The number of ketones is 1. The van der Waals surface area contributed by atoms with Crippen molar-refractivity contribution >= 4 is 17.8 Å². The normalized spacial score (nSPS) is 28.4. The summed E-state index contributed by atoms with van der Waals surface area (Å²) in [4.78, 5) is 12.5. The van der Waals surface area contributed by atoms with Gasteiger partial charge in [0, 0.05) is 17.6 Å². The topological polar surface area (TPSA) is 26.3 Å². The number of fused-ring (bicyclic) bond motifs is 2. The second-order valence-electron chi connectivity index (χ2n) is 8.91. The van der Waals surface area contributed by atoms with Crippen molar-refractivity contribution in [2.45, 2.75) is 59.3 Å². The van der Waals surface area contributed by atoms with Gasteiger partial charge in [-0.1, -0.05) is 40.7 Å². The highest BCUT2D eigenvalue weighted by Gasteiger charge is 2.64. The Morgan fingerprint density at radius 3 is 2.54 bits per heavy atom. The molecule has 0 spiro atoms. The smallest absolute Gasteiger partial charge is 0.172 e. The molecule has 24 heavy (non-hydrogen) atoms. The highest BCUT2D eigenvalue weighted by Crippen LogP contribution is 2.64. The Bertz CT molecular complexity index is 662. The minimum atomic E-state index is -0.339. The first kappa shape index (κ1) is 17.8. The van der Waals surface area contributed by atoms with Crippen LogP contribution in [-0.4, -0.2) is 11.5 Å². The quantitative estimate of drug-likeness (QED) is 0.666. The second kappa shape index (κ2) is 5.76. The summed E-state index contributed by atoms with van der Waals surface area (Å²) in [5.74, 6) is 1.38. The van der Waals surface area contributed by atoms with E-state index in [2.05, 4.69) is 34.6 Å². The van der Waals surface area contributed by atoms with Gasteiger partial charge < -0.3 is 4.18 Å². The maximum Gasteiger partial charge on any atom is 0.172 e. The van der Waals surface area contributed by atoms with Gasteiger partial charge >= 0.3 is 0 Å². The van der Waals surface area contributed by atoms with Crippen LogP contribution in [0.15, 0.2) is 18.2 Å². The number of hydrogen-bond donors (Lipinski definition) is 0. The maximum absolute atomic E-state index is 14.3. The van der Waals surface area contributed by atoms with Crippen molar-refractivity contribution in [3.8, 4) is 5.75 Å². The Morgan fingerprint density at radius 1 is 1.33 bits per heavy atom. The lowest BCUT2D eigenvalue weighted by molar-refractivity contribution is -0.127. The Kier molecular flexibility index (Phi) is 4.26. The van der Waals surface area contributed by atoms with Crippen molar-refractivity contribution in [2.24, 2.45) is 16.7 Å². The van der Waals surface area contributed by atoms with Crippen LogP contribution in [0, 0.1) is 22.6 Å². The van der Waals surface area contributed by atoms with Gasteiger partial charge in [0.05, 0.1) is 12.0 Å². The van der Waals surface area contributed by atoms with Crippen LogP contribution in [0.3, 0.4) is 0 Å². The van der Waals surface area contributed by atoms with E-state index in [4.69, 9.17) is 4.18 Å². The molecule has 2 bridgehead atoms. The summed E-state index contributed by atoms with van der Waals surface area (Å²) < 4.78 is 19.9. The summed E-state index contributed by atoms with van der Waals surface area (Å²) in [6, 6.07) is 5.15. The molecule has 132 valence electrons. The SMILES string of the molecule is CC(C)(C)c1ccc(OSCC23CCC(CC2=O)C3(C)C)c(F)c1. The molecule has 0 N–H and O–H groups in total. The number of benzene rings is 1. The molecular weight excluding hydrogens is 323 g/mol. The van der Waals surface area contributed by atoms with Crippen molar-refractivity contribution in [1.82, 2.24) is 0 Å². The van der Waals surface area contributed by atoms with Crippen LogP contribution in [0.4, 0.5) is 4.39 Å². The fraction of sp³-hybridized carbons (Fsp3) is 0.650. The molecule has 1 aromatic rings. The second-order valence-corrected chi connectivity index (χ2v) is 9.60. The molecule has 0 amide bonds. The van der Waals surface area contributed by atoms with E-state index in [-0.39, 0.29) is 27.8 Å². The molecular formula is C20H27FO2S. The van der Waals surface area contributed by atoms with Crippen LogP contribution >= 0.6 is 12.0 Å². The monoisotopic (exact) mass is 350 g/mol. The van der Waals surface area contributed by atoms with Crippen molar-refractivity contribution in [2.75, 3.05) is 5.75 Å². The Labute approximate surface area is 148 Å². The predicted octanol–water partition coefficient (Wildman–Crippen LogP) is 5.55. The van der Waals surface area contributed by atoms with E-state index in [1.54, 1.807) is 12.1 Å². The molecule has 0 aliphatic heterocycles. The highest BCUT2D eigenvalue weighted by atomic mass is 32.2. The lowest BCUT2D eigenvalue weighted by atomic mass is 9.70. The van der Waals surface area contributed by atoms with Gasteiger partial charge in [-0.2, -0.15) is 0 Å². The molecule has 3 rings (SSSR count). The maximum atomic E-state index is 14.3. The lowest BCUT2D eigenvalue weighted by Crippen LogP contribution is -2.38. The largest absolute Gasteiger partial charge is 0.423 e. The van der Waals surface area contributed by atoms with Crippen LogP contribution in [-0.2, 0) is 10.2 Å². The molecule has 2 aliphatic rings. The molecule has 2 fully saturated rings. The summed E-state index contributed by atoms with van der Waals surface area (Å²) in [6.45, 7) is 10.6. The van der Waals surface area contributed by atoms with E-state index in [1.165, 1.54) is 12.0 Å². The zero-order valence-corrected chi connectivity index (χ0v) is 16.1. The van der Waals surface area contributed by atoms with Crippen molar-refractivity contribution in [3.05, 3.63) is 29.6 Å². The number of hydrogen-bond acceptors (Lipinski definition) is 3. The fourth-order valence-electron chi connectivity index (χ4n) is 4.34. The molecule has 0 aromatic heterocycles. The van der Waals surface area contributed by atoms with E-state index in [9.17, 15) is 9.18 Å². The molecule has 0 radical (unpaired) electrons. The van der Waals surface area contributed by atoms with Crippen LogP contribution in [0.1, 0.15) is 59.4 Å². The third-order valence-electron chi connectivity index (χ3n) is 6.39. The van der Waals surface area contributed by atoms with Gasteiger partial charge in [-0.25, -0.2) is 4.39 Å². The van der Waals surface area contributed by atoms with E-state index in [1.807, 2.05) is 6.07 Å². The van der Waals surface area contributed by atoms with Crippen LogP contribution in [0.25, 0.3) is 0 Å². The summed E-state index contributed by atoms with van der Waals surface area (Å²) in [7, 11) is 0. The van der Waals surface area contributed by atoms with Crippen molar-refractivity contribution < 1.29 is 13.4 Å². The Morgan fingerprint density at radius 2 is 2.04 bits per heavy atom. The summed E-state index contributed by atoms with van der Waals surface area (Å²) in [5, 5.41) is 0. The highest BCUT2D eigenvalue weighted by molar-refractivity contribution is 7.95. The number of Topliss-reactive ketones (excluding diaryl/α,β-unsaturated/α-hetero) is 1. The zero-order valence-electron chi connectivity index (χ0n) is 15.2. The number of carbonyl (C=O) groups excluding carboxylic acids is 1.